The highest BCUT2D eigenvalue weighted by Gasteiger charge is 2.16. The second-order valence-corrected chi connectivity index (χ2v) is 6.96. The minimum Gasteiger partial charge on any atom is -0.494 e. The molecule has 144 valence electrons. The third-order valence-corrected chi connectivity index (χ3v) is 4.79. The number of rotatable bonds is 7. The molecule has 0 aliphatic carbocycles. The van der Waals surface area contributed by atoms with E-state index in [1.54, 1.807) is 12.1 Å². The van der Waals surface area contributed by atoms with Gasteiger partial charge in [-0.25, -0.2) is 4.79 Å². The molecule has 0 radical (unpaired) electrons. The van der Waals surface area contributed by atoms with E-state index in [1.165, 1.54) is 5.69 Å². The number of urea groups is 1. The summed E-state index contributed by atoms with van der Waals surface area (Å²) in [6, 6.07) is 14.7. The number of benzene rings is 2. The summed E-state index contributed by atoms with van der Waals surface area (Å²) in [5, 5.41) is 3.31. The first-order valence-corrected chi connectivity index (χ1v) is 9.50. The van der Waals surface area contributed by atoms with Crippen LogP contribution in [-0.4, -0.2) is 50.3 Å². The van der Waals surface area contributed by atoms with Gasteiger partial charge in [0.05, 0.1) is 6.61 Å². The molecule has 0 saturated carbocycles. The average Bonchev–Trinajstić information content (AvgIpc) is 2.66. The zero-order chi connectivity index (χ0) is 19.1. The van der Waals surface area contributed by atoms with Crippen LogP contribution in [0.25, 0.3) is 0 Å². The maximum absolute atomic E-state index is 10.8. The summed E-state index contributed by atoms with van der Waals surface area (Å²) in [4.78, 5) is 15.6. The molecular formula is C20H25ClN4O2. The molecule has 0 aromatic heterocycles. The number of ether oxygens (including phenoxy) is 1. The van der Waals surface area contributed by atoms with Crippen molar-refractivity contribution >= 4 is 29.0 Å². The van der Waals surface area contributed by atoms with Crippen LogP contribution in [0.3, 0.4) is 0 Å². The van der Waals surface area contributed by atoms with Gasteiger partial charge in [-0.05, 0) is 48.9 Å². The lowest BCUT2D eigenvalue weighted by molar-refractivity contribution is 0.225. The van der Waals surface area contributed by atoms with Crippen molar-refractivity contribution in [2.24, 2.45) is 5.73 Å². The fourth-order valence-corrected chi connectivity index (χ4v) is 3.34. The van der Waals surface area contributed by atoms with Crippen LogP contribution in [-0.2, 0) is 0 Å². The van der Waals surface area contributed by atoms with Crippen molar-refractivity contribution < 1.29 is 9.53 Å². The Bertz CT molecular complexity index is 746. The van der Waals surface area contributed by atoms with Gasteiger partial charge in [0.15, 0.2) is 0 Å². The number of nitrogens with zero attached hydrogens (tertiary/aromatic N) is 2. The lowest BCUT2D eigenvalue weighted by Gasteiger charge is -2.36. The van der Waals surface area contributed by atoms with Crippen molar-refractivity contribution in [1.29, 1.82) is 0 Å². The van der Waals surface area contributed by atoms with Crippen LogP contribution in [0.1, 0.15) is 6.42 Å². The summed E-state index contributed by atoms with van der Waals surface area (Å²) < 4.78 is 5.76. The zero-order valence-electron chi connectivity index (χ0n) is 15.2. The number of halogens is 1. The minimum absolute atomic E-state index is 0.570. The molecule has 27 heavy (non-hydrogen) atoms. The standard InChI is InChI=1S/C20H25ClN4O2/c21-16-3-1-4-18(15-16)25-12-10-24(11-13-25)9-2-14-27-19-7-5-17(6-8-19)23-20(22)26/h1,3-8,15H,2,9-14H2,(H3,22,23,26). The van der Waals surface area contributed by atoms with E-state index in [-0.39, 0.29) is 0 Å². The van der Waals surface area contributed by atoms with E-state index in [2.05, 4.69) is 21.2 Å². The molecule has 0 spiro atoms. The molecule has 2 aromatic rings. The molecule has 6 nitrogen and oxygen atoms in total. The number of nitrogens with one attached hydrogen (secondary N) is 1. The van der Waals surface area contributed by atoms with Crippen LogP contribution in [0.15, 0.2) is 48.5 Å². The molecule has 1 fully saturated rings. The second-order valence-electron chi connectivity index (χ2n) is 6.52. The SMILES string of the molecule is NC(=O)Nc1ccc(OCCCN2CCN(c3cccc(Cl)c3)CC2)cc1. The van der Waals surface area contributed by atoms with E-state index >= 15 is 0 Å². The Hall–Kier alpha value is -2.44. The van der Waals surface area contributed by atoms with Gasteiger partial charge >= 0.3 is 6.03 Å². The Morgan fingerprint density at radius 3 is 2.52 bits per heavy atom. The van der Waals surface area contributed by atoms with Crippen LogP contribution >= 0.6 is 11.6 Å². The Labute approximate surface area is 164 Å². The van der Waals surface area contributed by atoms with Gasteiger partial charge in [-0.1, -0.05) is 17.7 Å². The number of carbonyl (C=O) groups excluding carboxylic acids is 1. The fraction of sp³-hybridized carbons (Fsp3) is 0.350. The Morgan fingerprint density at radius 1 is 1.11 bits per heavy atom. The summed E-state index contributed by atoms with van der Waals surface area (Å²) in [5.41, 5.74) is 6.94. The lowest BCUT2D eigenvalue weighted by atomic mass is 10.2. The highest BCUT2D eigenvalue weighted by atomic mass is 35.5. The van der Waals surface area contributed by atoms with E-state index in [1.807, 2.05) is 30.3 Å². The van der Waals surface area contributed by atoms with Gasteiger partial charge in [0.2, 0.25) is 0 Å². The summed E-state index contributed by atoms with van der Waals surface area (Å²) in [6.45, 7) is 5.78. The molecule has 1 saturated heterocycles. The number of carbonyl (C=O) groups is 1. The molecule has 0 unspecified atom stereocenters. The topological polar surface area (TPSA) is 70.8 Å². The van der Waals surface area contributed by atoms with E-state index in [0.29, 0.717) is 12.3 Å². The number of hydrogen-bond acceptors (Lipinski definition) is 4. The van der Waals surface area contributed by atoms with Gasteiger partial charge in [0, 0.05) is 49.1 Å². The van der Waals surface area contributed by atoms with Crippen molar-refractivity contribution in [2.45, 2.75) is 6.42 Å². The number of amides is 2. The van der Waals surface area contributed by atoms with E-state index < -0.39 is 6.03 Å². The Balaban J connectivity index is 1.34. The highest BCUT2D eigenvalue weighted by Crippen LogP contribution is 2.21. The first-order chi connectivity index (χ1) is 13.1. The first-order valence-electron chi connectivity index (χ1n) is 9.12. The van der Waals surface area contributed by atoms with E-state index in [0.717, 1.165) is 49.9 Å². The van der Waals surface area contributed by atoms with E-state index in [9.17, 15) is 4.79 Å². The number of piperazine rings is 1. The van der Waals surface area contributed by atoms with Crippen molar-refractivity contribution in [2.75, 3.05) is 49.5 Å². The molecule has 1 aliphatic heterocycles. The van der Waals surface area contributed by atoms with Crippen LogP contribution in [0, 0.1) is 0 Å². The Kier molecular flexibility index (Phi) is 6.79. The van der Waals surface area contributed by atoms with Gasteiger partial charge in [-0.3, -0.25) is 4.90 Å². The summed E-state index contributed by atoms with van der Waals surface area (Å²) in [5.74, 6) is 0.788. The van der Waals surface area contributed by atoms with Crippen LogP contribution in [0.2, 0.25) is 5.02 Å². The predicted octanol–water partition coefficient (Wildman–Crippen LogP) is 3.42. The summed E-state index contributed by atoms with van der Waals surface area (Å²) in [6.07, 6.45) is 0.971. The number of anilines is 2. The maximum Gasteiger partial charge on any atom is 0.316 e. The van der Waals surface area contributed by atoms with Crippen molar-refractivity contribution in [1.82, 2.24) is 4.90 Å². The molecule has 1 aliphatic rings. The third-order valence-electron chi connectivity index (χ3n) is 4.55. The zero-order valence-corrected chi connectivity index (χ0v) is 16.0. The average molecular weight is 389 g/mol. The monoisotopic (exact) mass is 388 g/mol. The minimum atomic E-state index is -0.570. The lowest BCUT2D eigenvalue weighted by Crippen LogP contribution is -2.46. The number of hydrogen-bond donors (Lipinski definition) is 2. The molecule has 2 aromatic carbocycles. The fourth-order valence-electron chi connectivity index (χ4n) is 3.16. The largest absolute Gasteiger partial charge is 0.494 e. The predicted molar refractivity (Wildman–Crippen MR) is 110 cm³/mol. The summed E-state index contributed by atoms with van der Waals surface area (Å²) in [7, 11) is 0. The third kappa shape index (κ3) is 6.05. The normalized spacial score (nSPS) is 14.8. The van der Waals surface area contributed by atoms with Gasteiger partial charge < -0.3 is 20.7 Å². The second kappa shape index (κ2) is 9.48. The van der Waals surface area contributed by atoms with Crippen LogP contribution in [0.4, 0.5) is 16.2 Å². The molecule has 7 heteroatoms. The molecule has 0 bridgehead atoms. The van der Waals surface area contributed by atoms with Crippen molar-refractivity contribution in [3.8, 4) is 5.75 Å². The highest BCUT2D eigenvalue weighted by molar-refractivity contribution is 6.30. The van der Waals surface area contributed by atoms with Gasteiger partial charge in [-0.15, -0.1) is 0 Å². The molecule has 1 heterocycles. The van der Waals surface area contributed by atoms with E-state index in [4.69, 9.17) is 22.1 Å². The first kappa shape index (κ1) is 19.3. The van der Waals surface area contributed by atoms with Gasteiger partial charge in [0.1, 0.15) is 5.75 Å². The quantitative estimate of drug-likeness (QED) is 0.713. The Morgan fingerprint density at radius 2 is 1.85 bits per heavy atom. The van der Waals surface area contributed by atoms with Crippen molar-refractivity contribution in [3.05, 3.63) is 53.6 Å². The maximum atomic E-state index is 10.8. The molecule has 0 atom stereocenters. The van der Waals surface area contributed by atoms with Crippen LogP contribution in [0.5, 0.6) is 5.75 Å². The molecule has 2 amide bonds. The molecule has 3 rings (SSSR count). The molecular weight excluding hydrogens is 364 g/mol. The summed E-state index contributed by atoms with van der Waals surface area (Å²) >= 11 is 6.08. The molecule has 3 N–H and O–H groups in total. The smallest absolute Gasteiger partial charge is 0.316 e. The van der Waals surface area contributed by atoms with Crippen molar-refractivity contribution in [3.63, 3.8) is 0 Å². The van der Waals surface area contributed by atoms with Gasteiger partial charge in [-0.2, -0.15) is 0 Å². The van der Waals surface area contributed by atoms with Gasteiger partial charge in [0.25, 0.3) is 0 Å². The number of primary amides is 1. The number of nitrogens with two attached hydrogens (primary N) is 1. The van der Waals surface area contributed by atoms with Crippen LogP contribution < -0.4 is 20.7 Å².